The lowest BCUT2D eigenvalue weighted by molar-refractivity contribution is -0.121. The lowest BCUT2D eigenvalue weighted by atomic mass is 10.1. The van der Waals surface area contributed by atoms with Crippen LogP contribution in [0, 0.1) is 6.92 Å². The van der Waals surface area contributed by atoms with Gasteiger partial charge in [-0.2, -0.15) is 0 Å². The Morgan fingerprint density at radius 2 is 1.88 bits per heavy atom. The average molecular weight is 357 g/mol. The van der Waals surface area contributed by atoms with Crippen LogP contribution in [0.15, 0.2) is 42.5 Å². The second-order valence-electron chi connectivity index (χ2n) is 6.17. The van der Waals surface area contributed by atoms with E-state index in [4.69, 9.17) is 14.2 Å². The third kappa shape index (κ3) is 5.69. The molecular weight excluding hydrogens is 330 g/mol. The van der Waals surface area contributed by atoms with Gasteiger partial charge in [-0.15, -0.1) is 0 Å². The zero-order valence-corrected chi connectivity index (χ0v) is 15.9. The molecular formula is C21H27NO4. The molecule has 26 heavy (non-hydrogen) atoms. The fourth-order valence-corrected chi connectivity index (χ4v) is 2.70. The number of carbonyl (C=O) groups is 1. The third-order valence-corrected chi connectivity index (χ3v) is 4.09. The Kier molecular flexibility index (Phi) is 7.33. The zero-order chi connectivity index (χ0) is 18.9. The van der Waals surface area contributed by atoms with E-state index < -0.39 is 0 Å². The van der Waals surface area contributed by atoms with Crippen LogP contribution in [0.2, 0.25) is 0 Å². The first-order valence-electron chi connectivity index (χ1n) is 8.74. The maximum atomic E-state index is 12.2. The predicted molar refractivity (Wildman–Crippen MR) is 102 cm³/mol. The van der Waals surface area contributed by atoms with Gasteiger partial charge >= 0.3 is 0 Å². The third-order valence-electron chi connectivity index (χ3n) is 4.09. The van der Waals surface area contributed by atoms with E-state index in [0.29, 0.717) is 19.4 Å². The summed E-state index contributed by atoms with van der Waals surface area (Å²) < 4.78 is 16.3. The smallest absolute Gasteiger partial charge is 0.220 e. The average Bonchev–Trinajstić information content (AvgIpc) is 2.64. The Balaban J connectivity index is 1.82. The molecule has 140 valence electrons. The first-order chi connectivity index (χ1) is 12.5. The number of rotatable bonds is 9. The number of hydrogen-bond acceptors (Lipinski definition) is 4. The van der Waals surface area contributed by atoms with Crippen LogP contribution in [0.25, 0.3) is 0 Å². The van der Waals surface area contributed by atoms with E-state index in [0.717, 1.165) is 28.4 Å². The fourth-order valence-electron chi connectivity index (χ4n) is 2.70. The van der Waals surface area contributed by atoms with Crippen LogP contribution in [0.3, 0.4) is 0 Å². The minimum absolute atomic E-state index is 0.0183. The SMILES string of the molecule is COc1ccc(OC)c([C@H](C)NC(=O)CCCOc2cccc(C)c2)c1. The van der Waals surface area contributed by atoms with E-state index in [9.17, 15) is 4.79 Å². The molecule has 0 unspecified atom stereocenters. The van der Waals surface area contributed by atoms with E-state index in [1.807, 2.05) is 56.3 Å². The second-order valence-corrected chi connectivity index (χ2v) is 6.17. The Morgan fingerprint density at radius 1 is 1.08 bits per heavy atom. The maximum absolute atomic E-state index is 12.2. The van der Waals surface area contributed by atoms with Gasteiger partial charge in [-0.1, -0.05) is 12.1 Å². The van der Waals surface area contributed by atoms with Gasteiger partial charge in [0.2, 0.25) is 5.91 Å². The van der Waals surface area contributed by atoms with Crippen LogP contribution in [0.4, 0.5) is 0 Å². The molecule has 1 N–H and O–H groups in total. The summed E-state index contributed by atoms with van der Waals surface area (Å²) in [5.74, 6) is 2.27. The van der Waals surface area contributed by atoms with Gasteiger partial charge in [0, 0.05) is 12.0 Å². The van der Waals surface area contributed by atoms with E-state index in [2.05, 4.69) is 5.32 Å². The Bertz CT molecular complexity index is 730. The molecule has 5 nitrogen and oxygen atoms in total. The Hall–Kier alpha value is -2.69. The van der Waals surface area contributed by atoms with E-state index in [-0.39, 0.29) is 11.9 Å². The van der Waals surface area contributed by atoms with E-state index >= 15 is 0 Å². The molecule has 0 aromatic heterocycles. The zero-order valence-electron chi connectivity index (χ0n) is 15.9. The molecule has 2 aromatic carbocycles. The van der Waals surface area contributed by atoms with Gasteiger partial charge in [-0.05, 0) is 56.2 Å². The summed E-state index contributed by atoms with van der Waals surface area (Å²) >= 11 is 0. The van der Waals surface area contributed by atoms with Gasteiger partial charge in [-0.25, -0.2) is 0 Å². The monoisotopic (exact) mass is 357 g/mol. The molecule has 2 rings (SSSR count). The molecule has 0 heterocycles. The summed E-state index contributed by atoms with van der Waals surface area (Å²) in [6.45, 7) is 4.46. The van der Waals surface area contributed by atoms with Crippen molar-refractivity contribution in [1.29, 1.82) is 0 Å². The normalized spacial score (nSPS) is 11.5. The van der Waals surface area contributed by atoms with Crippen molar-refractivity contribution in [1.82, 2.24) is 5.32 Å². The summed E-state index contributed by atoms with van der Waals surface area (Å²) in [4.78, 5) is 12.2. The van der Waals surface area contributed by atoms with Crippen LogP contribution >= 0.6 is 0 Å². The summed E-state index contributed by atoms with van der Waals surface area (Å²) in [5.41, 5.74) is 2.04. The molecule has 0 aliphatic heterocycles. The number of ether oxygens (including phenoxy) is 3. The first kappa shape index (κ1) is 19.6. The fraction of sp³-hybridized carbons (Fsp3) is 0.381. The number of hydrogen-bond donors (Lipinski definition) is 1. The predicted octanol–water partition coefficient (Wildman–Crippen LogP) is 4.05. The molecule has 0 aliphatic carbocycles. The minimum Gasteiger partial charge on any atom is -0.497 e. The van der Waals surface area contributed by atoms with E-state index in [1.165, 1.54) is 0 Å². The number of amides is 1. The topological polar surface area (TPSA) is 56.8 Å². The second kappa shape index (κ2) is 9.70. The van der Waals surface area contributed by atoms with Crippen LogP contribution in [0.5, 0.6) is 17.2 Å². The van der Waals surface area contributed by atoms with Crippen molar-refractivity contribution >= 4 is 5.91 Å². The van der Waals surface area contributed by atoms with Crippen LogP contribution < -0.4 is 19.5 Å². The van der Waals surface area contributed by atoms with Gasteiger partial charge in [0.05, 0.1) is 26.9 Å². The first-order valence-corrected chi connectivity index (χ1v) is 8.74. The molecule has 0 saturated heterocycles. The number of carbonyl (C=O) groups excluding carboxylic acids is 1. The highest BCUT2D eigenvalue weighted by atomic mass is 16.5. The van der Waals surface area contributed by atoms with Gasteiger partial charge in [0.15, 0.2) is 0 Å². The number of benzene rings is 2. The van der Waals surface area contributed by atoms with Gasteiger partial charge in [-0.3, -0.25) is 4.79 Å². The lowest BCUT2D eigenvalue weighted by Gasteiger charge is -2.18. The standard InChI is InChI=1S/C21H27NO4/c1-15-7-5-8-18(13-15)26-12-6-9-21(23)22-16(2)19-14-17(24-3)10-11-20(19)25-4/h5,7-8,10-11,13-14,16H,6,9,12H2,1-4H3,(H,22,23)/t16-/m0/s1. The number of nitrogens with one attached hydrogen (secondary N) is 1. The molecule has 0 radical (unpaired) electrons. The van der Waals surface area contributed by atoms with E-state index in [1.54, 1.807) is 14.2 Å². The highest BCUT2D eigenvalue weighted by molar-refractivity contribution is 5.76. The van der Waals surface area contributed by atoms with Crippen molar-refractivity contribution in [2.75, 3.05) is 20.8 Å². The van der Waals surface area contributed by atoms with Crippen molar-refractivity contribution in [3.63, 3.8) is 0 Å². The molecule has 1 atom stereocenters. The van der Waals surface area contributed by atoms with Crippen molar-refractivity contribution in [2.45, 2.75) is 32.7 Å². The van der Waals surface area contributed by atoms with Crippen molar-refractivity contribution in [3.05, 3.63) is 53.6 Å². The summed E-state index contributed by atoms with van der Waals surface area (Å²) in [5, 5.41) is 3.00. The minimum atomic E-state index is -0.176. The van der Waals surface area contributed by atoms with Gasteiger partial charge in [0.25, 0.3) is 0 Å². The molecule has 0 aliphatic rings. The molecule has 2 aromatic rings. The van der Waals surface area contributed by atoms with Gasteiger partial charge in [0.1, 0.15) is 17.2 Å². The largest absolute Gasteiger partial charge is 0.497 e. The molecule has 0 saturated carbocycles. The summed E-state index contributed by atoms with van der Waals surface area (Å²) in [7, 11) is 3.23. The van der Waals surface area contributed by atoms with Crippen molar-refractivity contribution < 1.29 is 19.0 Å². The molecule has 0 fully saturated rings. The number of methoxy groups -OCH3 is 2. The van der Waals surface area contributed by atoms with Crippen molar-refractivity contribution in [3.8, 4) is 17.2 Å². The highest BCUT2D eigenvalue weighted by Gasteiger charge is 2.15. The highest BCUT2D eigenvalue weighted by Crippen LogP contribution is 2.29. The Labute approximate surface area is 155 Å². The number of aryl methyl sites for hydroxylation is 1. The van der Waals surface area contributed by atoms with Crippen LogP contribution in [-0.4, -0.2) is 26.7 Å². The summed E-state index contributed by atoms with van der Waals surface area (Å²) in [6, 6.07) is 13.3. The quantitative estimate of drug-likeness (QED) is 0.688. The van der Waals surface area contributed by atoms with Crippen molar-refractivity contribution in [2.24, 2.45) is 0 Å². The molecule has 0 spiro atoms. The van der Waals surface area contributed by atoms with Gasteiger partial charge < -0.3 is 19.5 Å². The maximum Gasteiger partial charge on any atom is 0.220 e. The molecule has 0 bridgehead atoms. The lowest BCUT2D eigenvalue weighted by Crippen LogP contribution is -2.27. The van der Waals surface area contributed by atoms with Crippen LogP contribution in [0.1, 0.15) is 36.9 Å². The Morgan fingerprint density at radius 3 is 2.58 bits per heavy atom. The molecule has 5 heteroatoms. The molecule has 1 amide bonds. The van der Waals surface area contributed by atoms with Crippen LogP contribution in [-0.2, 0) is 4.79 Å². The summed E-state index contributed by atoms with van der Waals surface area (Å²) in [6.07, 6.45) is 1.06.